The summed E-state index contributed by atoms with van der Waals surface area (Å²) in [5.74, 6) is 0.945. The number of rotatable bonds is 6. The normalized spacial score (nSPS) is 10.2. The zero-order valence-corrected chi connectivity index (χ0v) is 12.2. The molecule has 1 aromatic carbocycles. The first-order chi connectivity index (χ1) is 10.1. The van der Waals surface area contributed by atoms with Crippen LogP contribution >= 0.6 is 0 Å². The number of anilines is 1. The van der Waals surface area contributed by atoms with Crippen LogP contribution in [-0.4, -0.2) is 36.3 Å². The fourth-order valence-electron chi connectivity index (χ4n) is 1.78. The fraction of sp³-hybridized carbons (Fsp3) is 0.357. The second kappa shape index (κ2) is 7.28. The van der Waals surface area contributed by atoms with Gasteiger partial charge in [0.25, 0.3) is 0 Å². The summed E-state index contributed by atoms with van der Waals surface area (Å²) in [6, 6.07) is 9.74. The molecule has 7 nitrogen and oxygen atoms in total. The quantitative estimate of drug-likeness (QED) is 0.838. The number of aryl methyl sites for hydroxylation is 1. The van der Waals surface area contributed by atoms with Crippen molar-refractivity contribution in [2.45, 2.75) is 13.5 Å². The number of nitrogens with one attached hydrogen (secondary N) is 2. The second-order valence-corrected chi connectivity index (χ2v) is 4.60. The Morgan fingerprint density at radius 1 is 1.29 bits per heavy atom. The van der Waals surface area contributed by atoms with E-state index in [-0.39, 0.29) is 12.6 Å². The van der Waals surface area contributed by atoms with E-state index < -0.39 is 0 Å². The zero-order chi connectivity index (χ0) is 15.1. The molecular formula is C14H19N5O2. The highest BCUT2D eigenvalue weighted by Gasteiger charge is 2.06. The third kappa shape index (κ3) is 4.79. The number of carbonyl (C=O) groups is 1. The Kier molecular flexibility index (Phi) is 5.14. The van der Waals surface area contributed by atoms with E-state index >= 15 is 0 Å². The molecule has 0 radical (unpaired) electrons. The molecule has 0 spiro atoms. The van der Waals surface area contributed by atoms with Crippen LogP contribution < -0.4 is 15.5 Å². The van der Waals surface area contributed by atoms with Gasteiger partial charge in [0, 0.05) is 25.8 Å². The number of nitrogens with zero attached hydrogens (tertiary/aromatic N) is 3. The average molecular weight is 289 g/mol. The highest BCUT2D eigenvalue weighted by atomic mass is 16.5. The van der Waals surface area contributed by atoms with Crippen molar-refractivity contribution in [3.05, 3.63) is 42.0 Å². The van der Waals surface area contributed by atoms with E-state index in [1.807, 2.05) is 37.4 Å². The third-order valence-corrected chi connectivity index (χ3v) is 2.90. The van der Waals surface area contributed by atoms with E-state index in [1.165, 1.54) is 0 Å². The molecule has 0 unspecified atom stereocenters. The van der Waals surface area contributed by atoms with Crippen LogP contribution in [0.5, 0.6) is 0 Å². The largest absolute Gasteiger partial charge is 0.373 e. The Balaban J connectivity index is 1.65. The monoisotopic (exact) mass is 289 g/mol. The molecule has 2 rings (SSSR count). The molecule has 0 fully saturated rings. The van der Waals surface area contributed by atoms with Gasteiger partial charge in [-0.05, 0) is 19.1 Å². The van der Waals surface area contributed by atoms with Crippen LogP contribution in [0.25, 0.3) is 0 Å². The van der Waals surface area contributed by atoms with Crippen molar-refractivity contribution in [2.75, 3.05) is 25.0 Å². The standard InChI is InChI=1S/C14H19N5O2/c1-11-17-13(21-18-11)10-16-14(20)15-8-9-19(2)12-6-4-3-5-7-12/h3-7H,8-10H2,1-2H3,(H2,15,16,20). The van der Waals surface area contributed by atoms with Gasteiger partial charge < -0.3 is 20.1 Å². The molecule has 2 N–H and O–H groups in total. The molecule has 2 aromatic rings. The Labute approximate surface area is 123 Å². The molecule has 21 heavy (non-hydrogen) atoms. The van der Waals surface area contributed by atoms with Crippen molar-refractivity contribution in [2.24, 2.45) is 0 Å². The smallest absolute Gasteiger partial charge is 0.315 e. The van der Waals surface area contributed by atoms with Crippen LogP contribution in [0, 0.1) is 6.92 Å². The van der Waals surface area contributed by atoms with E-state index in [2.05, 4.69) is 25.7 Å². The van der Waals surface area contributed by atoms with Crippen molar-refractivity contribution in [3.63, 3.8) is 0 Å². The number of urea groups is 1. The van der Waals surface area contributed by atoms with Crippen LogP contribution in [0.15, 0.2) is 34.9 Å². The fourth-order valence-corrected chi connectivity index (χ4v) is 1.78. The number of hydrogen-bond donors (Lipinski definition) is 2. The van der Waals surface area contributed by atoms with Gasteiger partial charge in [-0.2, -0.15) is 4.98 Å². The molecule has 7 heteroatoms. The molecule has 0 atom stereocenters. The summed E-state index contributed by atoms with van der Waals surface area (Å²) in [7, 11) is 1.98. The lowest BCUT2D eigenvalue weighted by Crippen LogP contribution is -2.39. The number of aromatic nitrogens is 2. The summed E-state index contributed by atoms with van der Waals surface area (Å²) in [4.78, 5) is 17.7. The molecule has 0 saturated carbocycles. The van der Waals surface area contributed by atoms with Crippen LogP contribution in [0.3, 0.4) is 0 Å². The van der Waals surface area contributed by atoms with Gasteiger partial charge in [0.15, 0.2) is 5.82 Å². The first-order valence-electron chi connectivity index (χ1n) is 6.72. The van der Waals surface area contributed by atoms with Crippen molar-refractivity contribution in [1.82, 2.24) is 20.8 Å². The maximum Gasteiger partial charge on any atom is 0.315 e. The number of benzene rings is 1. The van der Waals surface area contributed by atoms with E-state index in [0.717, 1.165) is 12.2 Å². The van der Waals surface area contributed by atoms with Crippen LogP contribution in [0.2, 0.25) is 0 Å². The summed E-state index contributed by atoms with van der Waals surface area (Å²) in [5.41, 5.74) is 1.11. The molecule has 0 aliphatic heterocycles. The lowest BCUT2D eigenvalue weighted by Gasteiger charge is -2.19. The van der Waals surface area contributed by atoms with Crippen molar-refractivity contribution in [1.29, 1.82) is 0 Å². The molecule has 0 saturated heterocycles. The third-order valence-electron chi connectivity index (χ3n) is 2.90. The highest BCUT2D eigenvalue weighted by Crippen LogP contribution is 2.09. The lowest BCUT2D eigenvalue weighted by atomic mass is 10.3. The summed E-state index contributed by atoms with van der Waals surface area (Å²) in [6.07, 6.45) is 0. The topological polar surface area (TPSA) is 83.3 Å². The lowest BCUT2D eigenvalue weighted by molar-refractivity contribution is 0.238. The van der Waals surface area contributed by atoms with Gasteiger partial charge in [-0.15, -0.1) is 0 Å². The molecule has 0 aliphatic carbocycles. The Hall–Kier alpha value is -2.57. The van der Waals surface area contributed by atoms with E-state index in [9.17, 15) is 4.79 Å². The minimum absolute atomic E-state index is 0.223. The van der Waals surface area contributed by atoms with Crippen LogP contribution in [-0.2, 0) is 6.54 Å². The molecule has 1 aromatic heterocycles. The number of hydrogen-bond acceptors (Lipinski definition) is 5. The Morgan fingerprint density at radius 2 is 2.05 bits per heavy atom. The molecule has 0 bridgehead atoms. The van der Waals surface area contributed by atoms with Gasteiger partial charge in [-0.3, -0.25) is 0 Å². The van der Waals surface area contributed by atoms with Crippen molar-refractivity contribution in [3.8, 4) is 0 Å². The molecule has 2 amide bonds. The van der Waals surface area contributed by atoms with Gasteiger partial charge in [0.2, 0.25) is 5.89 Å². The predicted molar refractivity (Wildman–Crippen MR) is 79.0 cm³/mol. The van der Waals surface area contributed by atoms with Gasteiger partial charge in [-0.1, -0.05) is 23.4 Å². The number of carbonyl (C=O) groups excluding carboxylic acids is 1. The van der Waals surface area contributed by atoms with Gasteiger partial charge in [0.05, 0.1) is 6.54 Å². The maximum absolute atomic E-state index is 11.6. The minimum atomic E-state index is -0.257. The molecule has 1 heterocycles. The van der Waals surface area contributed by atoms with Gasteiger partial charge in [0.1, 0.15) is 0 Å². The first kappa shape index (κ1) is 14.8. The van der Waals surface area contributed by atoms with Crippen molar-refractivity contribution < 1.29 is 9.32 Å². The van der Waals surface area contributed by atoms with Gasteiger partial charge in [-0.25, -0.2) is 4.79 Å². The SMILES string of the molecule is Cc1noc(CNC(=O)NCCN(C)c2ccccc2)n1. The average Bonchev–Trinajstić information content (AvgIpc) is 2.91. The highest BCUT2D eigenvalue weighted by molar-refractivity contribution is 5.73. The number of amides is 2. The Bertz CT molecular complexity index is 570. The number of para-hydroxylation sites is 1. The summed E-state index contributed by atoms with van der Waals surface area (Å²) in [5, 5.41) is 9.09. The second-order valence-electron chi connectivity index (χ2n) is 4.60. The number of likely N-dealkylation sites (N-methyl/N-ethyl adjacent to an activating group) is 1. The molecule has 112 valence electrons. The first-order valence-corrected chi connectivity index (χ1v) is 6.72. The minimum Gasteiger partial charge on any atom is -0.373 e. The molecular weight excluding hydrogens is 270 g/mol. The Morgan fingerprint density at radius 3 is 2.71 bits per heavy atom. The van der Waals surface area contributed by atoms with E-state index in [1.54, 1.807) is 6.92 Å². The van der Waals surface area contributed by atoms with Gasteiger partial charge >= 0.3 is 6.03 Å². The van der Waals surface area contributed by atoms with Crippen LogP contribution in [0.1, 0.15) is 11.7 Å². The zero-order valence-electron chi connectivity index (χ0n) is 12.2. The molecule has 0 aliphatic rings. The van der Waals surface area contributed by atoms with E-state index in [4.69, 9.17) is 4.52 Å². The summed E-state index contributed by atoms with van der Waals surface area (Å²) in [6.45, 7) is 3.21. The predicted octanol–water partition coefficient (Wildman–Crippen LogP) is 1.31. The summed E-state index contributed by atoms with van der Waals surface area (Å²) >= 11 is 0. The van der Waals surface area contributed by atoms with E-state index in [0.29, 0.717) is 18.3 Å². The maximum atomic E-state index is 11.6. The van der Waals surface area contributed by atoms with Crippen LogP contribution in [0.4, 0.5) is 10.5 Å². The van der Waals surface area contributed by atoms with Crippen molar-refractivity contribution >= 4 is 11.7 Å². The summed E-state index contributed by atoms with van der Waals surface area (Å²) < 4.78 is 4.90.